The summed E-state index contributed by atoms with van der Waals surface area (Å²) in [5.41, 5.74) is 5.58. The summed E-state index contributed by atoms with van der Waals surface area (Å²) in [7, 11) is 3.39. The molecule has 0 fully saturated rings. The minimum absolute atomic E-state index is 0.0569. The van der Waals surface area contributed by atoms with Crippen LogP contribution >= 0.6 is 0 Å². The van der Waals surface area contributed by atoms with Gasteiger partial charge in [0.2, 0.25) is 5.91 Å². The number of aliphatic imine (C=N–C) groups is 1. The van der Waals surface area contributed by atoms with Gasteiger partial charge in [0.25, 0.3) is 0 Å². The molecule has 0 bridgehead atoms. The molecule has 0 heterocycles. The van der Waals surface area contributed by atoms with E-state index in [1.54, 1.807) is 21.0 Å². The second kappa shape index (κ2) is 5.47. The molecule has 0 spiro atoms. The van der Waals surface area contributed by atoms with E-state index in [-0.39, 0.29) is 11.9 Å². The Labute approximate surface area is 85.4 Å². The molecule has 0 aliphatic heterocycles. The average molecular weight is 200 g/mol. The van der Waals surface area contributed by atoms with Gasteiger partial charge in [0, 0.05) is 20.1 Å². The van der Waals surface area contributed by atoms with Crippen LogP contribution in [0.5, 0.6) is 0 Å². The second-order valence-electron chi connectivity index (χ2n) is 3.72. The van der Waals surface area contributed by atoms with Gasteiger partial charge >= 0.3 is 0 Å². The number of amides is 1. The number of likely N-dealkylation sites (N-methyl/N-ethyl adjacent to an activating group) is 1. The Balaban J connectivity index is 4.27. The normalized spacial score (nSPS) is 14.0. The first kappa shape index (κ1) is 12.7. The SMILES string of the molecule is CC(C)NC(N)=NC(C)C(=O)N(C)C. The first-order chi connectivity index (χ1) is 6.34. The van der Waals surface area contributed by atoms with E-state index in [1.807, 2.05) is 13.8 Å². The van der Waals surface area contributed by atoms with Gasteiger partial charge < -0.3 is 16.0 Å². The molecule has 0 aliphatic carbocycles. The summed E-state index contributed by atoms with van der Waals surface area (Å²) < 4.78 is 0. The summed E-state index contributed by atoms with van der Waals surface area (Å²) in [5.74, 6) is 0.251. The van der Waals surface area contributed by atoms with Crippen molar-refractivity contribution >= 4 is 11.9 Å². The fourth-order valence-corrected chi connectivity index (χ4v) is 0.971. The molecule has 82 valence electrons. The van der Waals surface area contributed by atoms with Gasteiger partial charge in [-0.05, 0) is 20.8 Å². The first-order valence-electron chi connectivity index (χ1n) is 4.65. The molecule has 0 radical (unpaired) electrons. The van der Waals surface area contributed by atoms with Gasteiger partial charge in [0.1, 0.15) is 6.04 Å². The van der Waals surface area contributed by atoms with Crippen LogP contribution in [0.4, 0.5) is 0 Å². The highest BCUT2D eigenvalue weighted by atomic mass is 16.2. The van der Waals surface area contributed by atoms with Gasteiger partial charge in [-0.2, -0.15) is 0 Å². The lowest BCUT2D eigenvalue weighted by molar-refractivity contribution is -0.129. The fourth-order valence-electron chi connectivity index (χ4n) is 0.971. The van der Waals surface area contributed by atoms with Crippen molar-refractivity contribution < 1.29 is 4.79 Å². The monoisotopic (exact) mass is 200 g/mol. The maximum Gasteiger partial charge on any atom is 0.246 e. The minimum atomic E-state index is -0.434. The molecule has 0 rings (SSSR count). The van der Waals surface area contributed by atoms with Crippen molar-refractivity contribution in [3.05, 3.63) is 0 Å². The summed E-state index contributed by atoms with van der Waals surface area (Å²) in [6, 6.07) is -0.211. The number of rotatable bonds is 3. The van der Waals surface area contributed by atoms with Crippen molar-refractivity contribution in [3.63, 3.8) is 0 Å². The molecule has 0 aliphatic rings. The van der Waals surface area contributed by atoms with E-state index in [2.05, 4.69) is 10.3 Å². The van der Waals surface area contributed by atoms with Crippen molar-refractivity contribution in [3.8, 4) is 0 Å². The molecule has 0 saturated carbocycles. The molecule has 0 aromatic rings. The largest absolute Gasteiger partial charge is 0.370 e. The van der Waals surface area contributed by atoms with Crippen molar-refractivity contribution in [1.29, 1.82) is 0 Å². The van der Waals surface area contributed by atoms with E-state index in [4.69, 9.17) is 5.73 Å². The van der Waals surface area contributed by atoms with Crippen molar-refractivity contribution in [2.45, 2.75) is 32.9 Å². The van der Waals surface area contributed by atoms with Crippen LogP contribution in [-0.4, -0.2) is 42.9 Å². The topological polar surface area (TPSA) is 70.7 Å². The van der Waals surface area contributed by atoms with Gasteiger partial charge in [0.05, 0.1) is 0 Å². The minimum Gasteiger partial charge on any atom is -0.370 e. The highest BCUT2D eigenvalue weighted by molar-refractivity contribution is 5.86. The quantitative estimate of drug-likeness (QED) is 0.488. The van der Waals surface area contributed by atoms with E-state index in [9.17, 15) is 4.79 Å². The van der Waals surface area contributed by atoms with Crippen LogP contribution in [0.1, 0.15) is 20.8 Å². The summed E-state index contributed by atoms with van der Waals surface area (Å²) in [5, 5.41) is 2.92. The summed E-state index contributed by atoms with van der Waals surface area (Å²) in [6.45, 7) is 5.64. The zero-order valence-electron chi connectivity index (χ0n) is 9.53. The molecule has 1 unspecified atom stereocenters. The molecule has 5 nitrogen and oxygen atoms in total. The highest BCUT2D eigenvalue weighted by Gasteiger charge is 2.13. The predicted octanol–water partition coefficient (Wildman–Crippen LogP) is -0.224. The van der Waals surface area contributed by atoms with Crippen LogP contribution in [0, 0.1) is 0 Å². The van der Waals surface area contributed by atoms with Crippen molar-refractivity contribution in [2.75, 3.05) is 14.1 Å². The number of hydrogen-bond donors (Lipinski definition) is 2. The lowest BCUT2D eigenvalue weighted by Gasteiger charge is -2.15. The second-order valence-corrected chi connectivity index (χ2v) is 3.72. The Hall–Kier alpha value is -1.26. The zero-order chi connectivity index (χ0) is 11.3. The van der Waals surface area contributed by atoms with Crippen LogP contribution < -0.4 is 11.1 Å². The number of guanidine groups is 1. The predicted molar refractivity (Wildman–Crippen MR) is 58.1 cm³/mol. The third kappa shape index (κ3) is 4.69. The van der Waals surface area contributed by atoms with Gasteiger partial charge in [-0.25, -0.2) is 4.99 Å². The van der Waals surface area contributed by atoms with Gasteiger partial charge in [-0.3, -0.25) is 4.79 Å². The maximum absolute atomic E-state index is 11.4. The van der Waals surface area contributed by atoms with Crippen LogP contribution in [0.3, 0.4) is 0 Å². The number of nitrogens with one attached hydrogen (secondary N) is 1. The molecule has 1 atom stereocenters. The number of carbonyl (C=O) groups is 1. The fraction of sp³-hybridized carbons (Fsp3) is 0.778. The summed E-state index contributed by atoms with van der Waals surface area (Å²) in [4.78, 5) is 16.9. The smallest absolute Gasteiger partial charge is 0.246 e. The highest BCUT2D eigenvalue weighted by Crippen LogP contribution is 1.94. The van der Waals surface area contributed by atoms with Gasteiger partial charge in [-0.15, -0.1) is 0 Å². The number of nitrogens with zero attached hydrogens (tertiary/aromatic N) is 2. The Morgan fingerprint density at radius 3 is 2.21 bits per heavy atom. The molecular weight excluding hydrogens is 180 g/mol. The third-order valence-electron chi connectivity index (χ3n) is 1.57. The number of hydrogen-bond acceptors (Lipinski definition) is 2. The molecule has 0 saturated heterocycles. The van der Waals surface area contributed by atoms with Crippen LogP contribution in [0.25, 0.3) is 0 Å². The van der Waals surface area contributed by atoms with E-state index in [0.717, 1.165) is 0 Å². The first-order valence-corrected chi connectivity index (χ1v) is 4.65. The lowest BCUT2D eigenvalue weighted by atomic mass is 10.3. The molecule has 0 aromatic carbocycles. The molecule has 1 amide bonds. The Morgan fingerprint density at radius 2 is 1.86 bits per heavy atom. The Bertz CT molecular complexity index is 223. The lowest BCUT2D eigenvalue weighted by Crippen LogP contribution is -2.39. The van der Waals surface area contributed by atoms with Gasteiger partial charge in [-0.1, -0.05) is 0 Å². The Kier molecular flexibility index (Phi) is 4.97. The van der Waals surface area contributed by atoms with Crippen molar-refractivity contribution in [1.82, 2.24) is 10.2 Å². The zero-order valence-corrected chi connectivity index (χ0v) is 9.53. The van der Waals surface area contributed by atoms with Crippen LogP contribution in [-0.2, 0) is 4.79 Å². The van der Waals surface area contributed by atoms with Crippen LogP contribution in [0.2, 0.25) is 0 Å². The standard InChI is InChI=1S/C9H20N4O/c1-6(2)11-9(10)12-7(3)8(14)13(4)5/h6-7H,1-5H3,(H3,10,11,12). The molecule has 14 heavy (non-hydrogen) atoms. The van der Waals surface area contributed by atoms with Gasteiger partial charge in [0.15, 0.2) is 5.96 Å². The van der Waals surface area contributed by atoms with E-state index in [1.165, 1.54) is 4.90 Å². The number of nitrogens with two attached hydrogens (primary N) is 1. The maximum atomic E-state index is 11.4. The molecule has 5 heteroatoms. The average Bonchev–Trinajstić information content (AvgIpc) is 2.00. The molecular formula is C9H20N4O. The van der Waals surface area contributed by atoms with Crippen molar-refractivity contribution in [2.24, 2.45) is 10.7 Å². The number of carbonyl (C=O) groups excluding carboxylic acids is 1. The molecule has 0 aromatic heterocycles. The third-order valence-corrected chi connectivity index (χ3v) is 1.57. The van der Waals surface area contributed by atoms with E-state index >= 15 is 0 Å². The molecule has 3 N–H and O–H groups in total. The Morgan fingerprint density at radius 1 is 1.36 bits per heavy atom. The summed E-state index contributed by atoms with van der Waals surface area (Å²) in [6.07, 6.45) is 0. The van der Waals surface area contributed by atoms with Crippen LogP contribution in [0.15, 0.2) is 4.99 Å². The summed E-state index contributed by atoms with van der Waals surface area (Å²) >= 11 is 0. The van der Waals surface area contributed by atoms with E-state index < -0.39 is 6.04 Å². The van der Waals surface area contributed by atoms with E-state index in [0.29, 0.717) is 5.96 Å².